The number of rotatable bonds is 5. The molecule has 1 aliphatic heterocycles. The van der Waals surface area contributed by atoms with Crippen LogP contribution in [0.4, 0.5) is 0 Å². The van der Waals surface area contributed by atoms with Crippen molar-refractivity contribution >= 4 is 5.65 Å². The number of nitrogens with zero attached hydrogens (tertiary/aromatic N) is 2. The van der Waals surface area contributed by atoms with Crippen LogP contribution in [0.15, 0.2) is 24.5 Å². The van der Waals surface area contributed by atoms with Gasteiger partial charge in [0.15, 0.2) is 6.29 Å². The van der Waals surface area contributed by atoms with Crippen LogP contribution in [0, 0.1) is 6.92 Å². The Morgan fingerprint density at radius 3 is 2.95 bits per heavy atom. The van der Waals surface area contributed by atoms with Gasteiger partial charge in [-0.3, -0.25) is 0 Å². The summed E-state index contributed by atoms with van der Waals surface area (Å²) in [4.78, 5) is 4.31. The van der Waals surface area contributed by atoms with Gasteiger partial charge in [0, 0.05) is 30.8 Å². The van der Waals surface area contributed by atoms with E-state index in [-0.39, 0.29) is 6.29 Å². The minimum atomic E-state index is -0.0511. The van der Waals surface area contributed by atoms with E-state index in [9.17, 15) is 0 Å². The number of aromatic nitrogens is 2. The lowest BCUT2D eigenvalue weighted by Crippen LogP contribution is -2.24. The molecular formula is C17H26N2O3. The van der Waals surface area contributed by atoms with Gasteiger partial charge < -0.3 is 18.6 Å². The first kappa shape index (κ1) is 16.8. The normalized spacial score (nSPS) is 17.9. The van der Waals surface area contributed by atoms with E-state index in [1.807, 2.05) is 49.7 Å². The zero-order chi connectivity index (χ0) is 15.8. The summed E-state index contributed by atoms with van der Waals surface area (Å²) >= 11 is 0. The largest absolute Gasteiger partial charge is 0.491 e. The van der Waals surface area contributed by atoms with Gasteiger partial charge in [0.1, 0.15) is 18.0 Å². The summed E-state index contributed by atoms with van der Waals surface area (Å²) in [6.07, 6.45) is 7.08. The summed E-state index contributed by atoms with van der Waals surface area (Å²) < 4.78 is 18.8. The Morgan fingerprint density at radius 1 is 1.32 bits per heavy atom. The zero-order valence-corrected chi connectivity index (χ0v) is 13.7. The fraction of sp³-hybridized carbons (Fsp3) is 0.588. The van der Waals surface area contributed by atoms with Gasteiger partial charge in [0.2, 0.25) is 0 Å². The molecule has 22 heavy (non-hydrogen) atoms. The highest BCUT2D eigenvalue weighted by atomic mass is 16.7. The Balaban J connectivity index is 0.000000847. The smallest absolute Gasteiger partial charge is 0.157 e. The number of fused-ring (bicyclic) bond motifs is 1. The zero-order valence-electron chi connectivity index (χ0n) is 13.7. The molecule has 2 aromatic heterocycles. The number of imidazole rings is 1. The van der Waals surface area contributed by atoms with Crippen LogP contribution in [0.3, 0.4) is 0 Å². The van der Waals surface area contributed by atoms with E-state index in [0.29, 0.717) is 13.2 Å². The summed E-state index contributed by atoms with van der Waals surface area (Å²) in [5, 5.41) is 0. The predicted octanol–water partition coefficient (Wildman–Crippen LogP) is 3.59. The van der Waals surface area contributed by atoms with Gasteiger partial charge in [-0.05, 0) is 32.3 Å². The average Bonchev–Trinajstić information content (AvgIpc) is 2.95. The van der Waals surface area contributed by atoms with Crippen molar-refractivity contribution in [3.05, 3.63) is 30.2 Å². The number of pyridine rings is 1. The van der Waals surface area contributed by atoms with Gasteiger partial charge in [0.25, 0.3) is 0 Å². The van der Waals surface area contributed by atoms with Crippen LogP contribution >= 0.6 is 0 Å². The Bertz CT molecular complexity index is 562. The Kier molecular flexibility index (Phi) is 6.68. The molecule has 1 fully saturated rings. The molecule has 3 rings (SSSR count). The van der Waals surface area contributed by atoms with Crippen molar-refractivity contribution in [2.24, 2.45) is 0 Å². The maximum Gasteiger partial charge on any atom is 0.157 e. The Morgan fingerprint density at radius 2 is 2.18 bits per heavy atom. The van der Waals surface area contributed by atoms with Crippen LogP contribution in [0.2, 0.25) is 0 Å². The van der Waals surface area contributed by atoms with Crippen molar-refractivity contribution in [1.29, 1.82) is 0 Å². The average molecular weight is 306 g/mol. The minimum absolute atomic E-state index is 0.0511. The van der Waals surface area contributed by atoms with Crippen LogP contribution in [0.1, 0.15) is 38.8 Å². The topological polar surface area (TPSA) is 45.0 Å². The maximum absolute atomic E-state index is 5.68. The first-order valence-electron chi connectivity index (χ1n) is 8.13. The standard InChI is InChI=1S/C15H20N2O3.C2H6/c1-12-11-16-14-10-13(5-6-17(12)14)18-8-9-20-15-4-2-3-7-19-15;1-2/h5-6,10-11,15H,2-4,7-9H2,1H3;1-2H3. The first-order valence-corrected chi connectivity index (χ1v) is 8.13. The molecule has 5 heteroatoms. The molecule has 122 valence electrons. The van der Waals surface area contributed by atoms with Crippen LogP contribution in [-0.4, -0.2) is 35.5 Å². The van der Waals surface area contributed by atoms with Crippen molar-refractivity contribution in [2.45, 2.75) is 46.3 Å². The predicted molar refractivity (Wildman–Crippen MR) is 86.3 cm³/mol. The highest BCUT2D eigenvalue weighted by Gasteiger charge is 2.13. The van der Waals surface area contributed by atoms with Gasteiger partial charge in [-0.15, -0.1) is 0 Å². The monoisotopic (exact) mass is 306 g/mol. The second-order valence-electron chi connectivity index (χ2n) is 5.01. The molecule has 5 nitrogen and oxygen atoms in total. The third-order valence-electron chi connectivity index (χ3n) is 3.46. The van der Waals surface area contributed by atoms with Crippen molar-refractivity contribution < 1.29 is 14.2 Å². The quantitative estimate of drug-likeness (QED) is 0.792. The molecular weight excluding hydrogens is 280 g/mol. The van der Waals surface area contributed by atoms with Crippen LogP contribution < -0.4 is 4.74 Å². The molecule has 0 saturated carbocycles. The van der Waals surface area contributed by atoms with Crippen LogP contribution in [0.25, 0.3) is 5.65 Å². The lowest BCUT2D eigenvalue weighted by atomic mass is 10.2. The summed E-state index contributed by atoms with van der Waals surface area (Å²) in [6, 6.07) is 3.88. The van der Waals surface area contributed by atoms with Gasteiger partial charge in [-0.1, -0.05) is 13.8 Å². The molecule has 0 spiro atoms. The molecule has 3 heterocycles. The molecule has 1 aliphatic rings. The van der Waals surface area contributed by atoms with Crippen molar-refractivity contribution in [2.75, 3.05) is 19.8 Å². The minimum Gasteiger partial charge on any atom is -0.491 e. The van der Waals surface area contributed by atoms with Crippen molar-refractivity contribution in [1.82, 2.24) is 9.38 Å². The summed E-state index contributed by atoms with van der Waals surface area (Å²) in [5.41, 5.74) is 2.01. The SMILES string of the molecule is CC.Cc1cnc2cc(OCCOC3CCCCO3)ccn12. The highest BCUT2D eigenvalue weighted by Crippen LogP contribution is 2.16. The van der Waals surface area contributed by atoms with E-state index in [1.54, 1.807) is 0 Å². The van der Waals surface area contributed by atoms with E-state index >= 15 is 0 Å². The van der Waals surface area contributed by atoms with Gasteiger partial charge >= 0.3 is 0 Å². The second kappa shape index (κ2) is 8.76. The molecule has 0 amide bonds. The molecule has 0 bridgehead atoms. The summed E-state index contributed by atoms with van der Waals surface area (Å²) in [7, 11) is 0. The third-order valence-corrected chi connectivity index (χ3v) is 3.46. The number of ether oxygens (including phenoxy) is 3. The molecule has 0 aromatic carbocycles. The lowest BCUT2D eigenvalue weighted by molar-refractivity contribution is -0.165. The Hall–Kier alpha value is -1.59. The fourth-order valence-electron chi connectivity index (χ4n) is 2.36. The second-order valence-corrected chi connectivity index (χ2v) is 5.01. The van der Waals surface area contributed by atoms with Gasteiger partial charge in [0.05, 0.1) is 6.61 Å². The maximum atomic E-state index is 5.68. The number of hydrogen-bond acceptors (Lipinski definition) is 4. The van der Waals surface area contributed by atoms with E-state index in [0.717, 1.165) is 36.5 Å². The van der Waals surface area contributed by atoms with E-state index < -0.39 is 0 Å². The lowest BCUT2D eigenvalue weighted by Gasteiger charge is -2.22. The van der Waals surface area contributed by atoms with Gasteiger partial charge in [-0.25, -0.2) is 4.98 Å². The van der Waals surface area contributed by atoms with Gasteiger partial charge in [-0.2, -0.15) is 0 Å². The molecule has 0 N–H and O–H groups in total. The summed E-state index contributed by atoms with van der Waals surface area (Å²) in [6.45, 7) is 7.90. The molecule has 2 aromatic rings. The molecule has 1 atom stereocenters. The van der Waals surface area contributed by atoms with Crippen molar-refractivity contribution in [3.63, 3.8) is 0 Å². The molecule has 1 saturated heterocycles. The van der Waals surface area contributed by atoms with Crippen molar-refractivity contribution in [3.8, 4) is 5.75 Å². The van der Waals surface area contributed by atoms with E-state index in [2.05, 4.69) is 4.98 Å². The fourth-order valence-corrected chi connectivity index (χ4v) is 2.36. The van der Waals surface area contributed by atoms with E-state index in [4.69, 9.17) is 14.2 Å². The molecule has 1 unspecified atom stereocenters. The van der Waals surface area contributed by atoms with E-state index in [1.165, 1.54) is 6.42 Å². The molecule has 0 radical (unpaired) electrons. The third kappa shape index (κ3) is 4.45. The molecule has 0 aliphatic carbocycles. The number of aryl methyl sites for hydroxylation is 1. The van der Waals surface area contributed by atoms with Crippen LogP contribution in [0.5, 0.6) is 5.75 Å². The van der Waals surface area contributed by atoms with Crippen LogP contribution in [-0.2, 0) is 9.47 Å². The summed E-state index contributed by atoms with van der Waals surface area (Å²) in [5.74, 6) is 0.816. The Labute approximate surface area is 132 Å². The number of hydrogen-bond donors (Lipinski definition) is 0. The first-order chi connectivity index (χ1) is 10.8. The highest BCUT2D eigenvalue weighted by molar-refractivity contribution is 5.45.